The van der Waals surface area contributed by atoms with Crippen LogP contribution in [0, 0.1) is 0 Å². The van der Waals surface area contributed by atoms with Gasteiger partial charge in [-0.15, -0.1) is 0 Å². The van der Waals surface area contributed by atoms with Crippen molar-refractivity contribution in [1.29, 1.82) is 0 Å². The first kappa shape index (κ1) is 15.4. The number of amides is 2. The molecular weight excluding hydrogens is 268 g/mol. The predicted octanol–water partition coefficient (Wildman–Crippen LogP) is 0.116. The van der Waals surface area contributed by atoms with Gasteiger partial charge in [-0.1, -0.05) is 12.1 Å². The summed E-state index contributed by atoms with van der Waals surface area (Å²) in [7, 11) is -3.56. The van der Waals surface area contributed by atoms with E-state index >= 15 is 0 Å². The summed E-state index contributed by atoms with van der Waals surface area (Å²) in [6, 6.07) is 6.50. The number of rotatable bonds is 5. The molecule has 0 heterocycles. The number of urea groups is 1. The lowest BCUT2D eigenvalue weighted by molar-refractivity contribution is 0.252. The Balaban J connectivity index is 2.44. The number of carbonyl (C=O) groups excluding carboxylic acids is 1. The van der Waals surface area contributed by atoms with E-state index in [-0.39, 0.29) is 18.3 Å². The maximum atomic E-state index is 11.4. The molecule has 0 bridgehead atoms. The average Bonchev–Trinajstić information content (AvgIpc) is 2.27. The Morgan fingerprint density at radius 2 is 1.89 bits per heavy atom. The van der Waals surface area contributed by atoms with E-state index in [0.717, 1.165) is 5.56 Å². The second-order valence-corrected chi connectivity index (χ2v) is 5.89. The highest BCUT2D eigenvalue weighted by Gasteiger charge is 2.05. The molecule has 1 aromatic rings. The molecule has 0 saturated heterocycles. The number of nitrogens with one attached hydrogen (secondary N) is 2. The maximum Gasteiger partial charge on any atom is 0.319 e. The van der Waals surface area contributed by atoms with Crippen molar-refractivity contribution >= 4 is 21.7 Å². The third kappa shape index (κ3) is 6.18. The molecule has 0 spiro atoms. The zero-order chi connectivity index (χ0) is 14.5. The summed E-state index contributed by atoms with van der Waals surface area (Å²) in [6.07, 6.45) is 0. The van der Waals surface area contributed by atoms with E-state index in [1.54, 1.807) is 12.1 Å². The molecule has 0 aromatic heterocycles. The zero-order valence-electron chi connectivity index (χ0n) is 10.6. The molecule has 1 unspecified atom stereocenters. The molecule has 0 aliphatic rings. The predicted molar refractivity (Wildman–Crippen MR) is 74.0 cm³/mol. The number of hydrogen-bond acceptors (Lipinski definition) is 4. The summed E-state index contributed by atoms with van der Waals surface area (Å²) < 4.78 is 21.3. The Hall–Kier alpha value is -1.64. The minimum Gasteiger partial charge on any atom is -0.337 e. The lowest BCUT2D eigenvalue weighted by Gasteiger charge is -2.09. The minimum absolute atomic E-state index is 0.0391. The van der Waals surface area contributed by atoms with Crippen LogP contribution in [0.3, 0.4) is 0 Å². The molecule has 0 aliphatic carbocycles. The second kappa shape index (κ2) is 6.50. The van der Waals surface area contributed by atoms with Gasteiger partial charge in [0.1, 0.15) is 0 Å². The van der Waals surface area contributed by atoms with Gasteiger partial charge in [0.05, 0.1) is 5.75 Å². The third-order valence-corrected chi connectivity index (χ3v) is 3.14. The van der Waals surface area contributed by atoms with Gasteiger partial charge in [0, 0.05) is 18.3 Å². The Kier molecular flexibility index (Phi) is 5.28. The van der Waals surface area contributed by atoms with Gasteiger partial charge in [-0.25, -0.2) is 18.4 Å². The van der Waals surface area contributed by atoms with Gasteiger partial charge in [-0.05, 0) is 24.6 Å². The highest BCUT2D eigenvalue weighted by atomic mass is 32.2. The summed E-state index contributed by atoms with van der Waals surface area (Å²) in [6.45, 7) is 1.82. The molecule has 1 rings (SSSR count). The van der Waals surface area contributed by atoms with Crippen molar-refractivity contribution in [2.24, 2.45) is 10.9 Å². The second-order valence-electron chi connectivity index (χ2n) is 4.16. The van der Waals surface area contributed by atoms with E-state index < -0.39 is 16.1 Å². The quantitative estimate of drug-likeness (QED) is 0.612. The van der Waals surface area contributed by atoms with E-state index in [1.807, 2.05) is 19.1 Å². The molecule has 0 saturated carbocycles. The van der Waals surface area contributed by atoms with Crippen LogP contribution in [0.1, 0.15) is 18.5 Å². The monoisotopic (exact) mass is 286 g/mol. The van der Waals surface area contributed by atoms with Gasteiger partial charge in [-0.3, -0.25) is 0 Å². The first-order valence-corrected chi connectivity index (χ1v) is 7.40. The molecule has 1 aromatic carbocycles. The van der Waals surface area contributed by atoms with Crippen LogP contribution in [0.25, 0.3) is 0 Å². The number of benzene rings is 1. The normalized spacial score (nSPS) is 12.8. The highest BCUT2D eigenvalue weighted by Crippen LogP contribution is 2.13. The zero-order valence-corrected chi connectivity index (χ0v) is 11.4. The Labute approximate surface area is 112 Å². The van der Waals surface area contributed by atoms with E-state index in [1.165, 1.54) is 0 Å². The van der Waals surface area contributed by atoms with Crippen molar-refractivity contribution in [3.63, 3.8) is 0 Å². The molecule has 19 heavy (non-hydrogen) atoms. The molecule has 2 amide bonds. The molecular formula is C11H18N4O3S. The van der Waals surface area contributed by atoms with Crippen molar-refractivity contribution in [3.8, 4) is 0 Å². The maximum absolute atomic E-state index is 11.4. The van der Waals surface area contributed by atoms with Crippen LogP contribution in [-0.4, -0.2) is 26.7 Å². The molecule has 106 valence electrons. The summed E-state index contributed by atoms with van der Waals surface area (Å²) >= 11 is 0. The van der Waals surface area contributed by atoms with Crippen LogP contribution in [0.15, 0.2) is 24.3 Å². The fourth-order valence-corrected chi connectivity index (χ4v) is 1.74. The number of sulfonamides is 1. The Bertz CT molecular complexity index is 525. The van der Waals surface area contributed by atoms with Crippen LogP contribution in [0.4, 0.5) is 10.5 Å². The topological polar surface area (TPSA) is 127 Å². The first-order chi connectivity index (χ1) is 8.78. The molecule has 0 aliphatic heterocycles. The van der Waals surface area contributed by atoms with Gasteiger partial charge < -0.3 is 16.4 Å². The lowest BCUT2D eigenvalue weighted by Crippen LogP contribution is -2.34. The smallest absolute Gasteiger partial charge is 0.319 e. The number of primary sulfonamides is 1. The van der Waals surface area contributed by atoms with E-state index in [2.05, 4.69) is 10.6 Å². The van der Waals surface area contributed by atoms with Gasteiger partial charge in [0.15, 0.2) is 0 Å². The van der Waals surface area contributed by atoms with Gasteiger partial charge >= 0.3 is 6.03 Å². The molecule has 0 fully saturated rings. The molecule has 7 nitrogen and oxygen atoms in total. The lowest BCUT2D eigenvalue weighted by atomic mass is 10.1. The van der Waals surface area contributed by atoms with Crippen LogP contribution < -0.4 is 21.5 Å². The summed E-state index contributed by atoms with van der Waals surface area (Å²) in [4.78, 5) is 11.4. The fourth-order valence-electron chi connectivity index (χ4n) is 1.35. The van der Waals surface area contributed by atoms with Crippen molar-refractivity contribution in [2.75, 3.05) is 17.6 Å². The molecule has 1 atom stereocenters. The Morgan fingerprint density at radius 3 is 2.37 bits per heavy atom. The van der Waals surface area contributed by atoms with E-state index in [9.17, 15) is 13.2 Å². The van der Waals surface area contributed by atoms with Crippen molar-refractivity contribution in [2.45, 2.75) is 13.0 Å². The van der Waals surface area contributed by atoms with Crippen LogP contribution in [-0.2, 0) is 10.0 Å². The minimum atomic E-state index is -3.56. The number of hydrogen-bond donors (Lipinski definition) is 4. The number of carbonyl (C=O) groups is 1. The number of anilines is 1. The number of nitrogens with two attached hydrogens (primary N) is 2. The van der Waals surface area contributed by atoms with E-state index in [0.29, 0.717) is 5.69 Å². The van der Waals surface area contributed by atoms with Crippen LogP contribution >= 0.6 is 0 Å². The van der Waals surface area contributed by atoms with Crippen LogP contribution in [0.5, 0.6) is 0 Å². The largest absolute Gasteiger partial charge is 0.337 e. The third-order valence-electron chi connectivity index (χ3n) is 2.37. The highest BCUT2D eigenvalue weighted by molar-refractivity contribution is 7.89. The fraction of sp³-hybridized carbons (Fsp3) is 0.364. The van der Waals surface area contributed by atoms with Crippen molar-refractivity contribution in [3.05, 3.63) is 29.8 Å². The van der Waals surface area contributed by atoms with Crippen molar-refractivity contribution in [1.82, 2.24) is 5.32 Å². The van der Waals surface area contributed by atoms with Gasteiger partial charge in [-0.2, -0.15) is 0 Å². The van der Waals surface area contributed by atoms with E-state index in [4.69, 9.17) is 10.9 Å². The summed E-state index contributed by atoms with van der Waals surface area (Å²) in [5.74, 6) is -0.302. The summed E-state index contributed by atoms with van der Waals surface area (Å²) in [5, 5.41) is 9.77. The Morgan fingerprint density at radius 1 is 1.32 bits per heavy atom. The molecule has 8 heteroatoms. The summed E-state index contributed by atoms with van der Waals surface area (Å²) in [5.41, 5.74) is 7.26. The van der Waals surface area contributed by atoms with Crippen molar-refractivity contribution < 1.29 is 13.2 Å². The van der Waals surface area contributed by atoms with Crippen LogP contribution in [0.2, 0.25) is 0 Å². The SMILES string of the molecule is CC(N)c1ccc(NC(=O)NCCS(N)(=O)=O)cc1. The van der Waals surface area contributed by atoms with Gasteiger partial charge in [0.2, 0.25) is 10.0 Å². The average molecular weight is 286 g/mol. The molecule has 6 N–H and O–H groups in total. The standard InChI is InChI=1S/C11H18N4O3S/c1-8(12)9-2-4-10(5-3-9)15-11(16)14-6-7-19(13,17)18/h2-5,8H,6-7,12H2,1H3,(H2,13,17,18)(H2,14,15,16). The molecule has 0 radical (unpaired) electrons. The first-order valence-electron chi connectivity index (χ1n) is 5.69. The van der Waals surface area contributed by atoms with Gasteiger partial charge in [0.25, 0.3) is 0 Å².